The fourth-order valence-electron chi connectivity index (χ4n) is 2.13. The predicted octanol–water partition coefficient (Wildman–Crippen LogP) is 3.61. The second-order valence-corrected chi connectivity index (χ2v) is 6.41. The van der Waals surface area contributed by atoms with Crippen LogP contribution in [0.5, 0.6) is 5.75 Å². The average Bonchev–Trinajstić information content (AvgIpc) is 2.84. The molecule has 106 valence electrons. The molecule has 0 aromatic heterocycles. The van der Waals surface area contributed by atoms with Gasteiger partial charge in [0.05, 0.1) is 12.1 Å². The van der Waals surface area contributed by atoms with Gasteiger partial charge in [0.1, 0.15) is 11.6 Å². The summed E-state index contributed by atoms with van der Waals surface area (Å²) >= 11 is 6.70. The average molecular weight is 410 g/mol. The summed E-state index contributed by atoms with van der Waals surface area (Å²) in [5, 5.41) is 12.5. The van der Waals surface area contributed by atoms with Gasteiger partial charge in [-0.3, -0.25) is 9.79 Å². The van der Waals surface area contributed by atoms with Gasteiger partial charge in [0, 0.05) is 14.5 Å². The smallest absolute Gasteiger partial charge is 0.260 e. The molecule has 0 bridgehead atoms. The van der Waals surface area contributed by atoms with E-state index in [0.29, 0.717) is 12.4 Å². The van der Waals surface area contributed by atoms with E-state index in [2.05, 4.69) is 42.2 Å². The molecule has 0 atom stereocenters. The maximum atomic E-state index is 12.3. The van der Waals surface area contributed by atoms with E-state index in [9.17, 15) is 9.90 Å². The molecule has 0 radical (unpaired) electrons. The number of aromatic hydroxyl groups is 1. The van der Waals surface area contributed by atoms with Crippen LogP contribution in [0.15, 0.2) is 50.3 Å². The Morgan fingerprint density at radius 1 is 1.14 bits per heavy atom. The summed E-state index contributed by atoms with van der Waals surface area (Å²) < 4.78 is 1.65. The highest BCUT2D eigenvalue weighted by Crippen LogP contribution is 2.24. The Morgan fingerprint density at radius 3 is 2.67 bits per heavy atom. The molecule has 0 spiro atoms. The highest BCUT2D eigenvalue weighted by Gasteiger charge is 2.20. The zero-order valence-corrected chi connectivity index (χ0v) is 13.9. The molecule has 3 rings (SSSR count). The Hall–Kier alpha value is -1.66. The second-order valence-electron chi connectivity index (χ2n) is 4.58. The minimum atomic E-state index is -0.389. The normalized spacial score (nSPS) is 12.8. The largest absolute Gasteiger partial charge is 0.507 e. The van der Waals surface area contributed by atoms with Gasteiger partial charge in [0.25, 0.3) is 5.91 Å². The van der Waals surface area contributed by atoms with Crippen molar-refractivity contribution in [3.05, 3.63) is 62.0 Å². The summed E-state index contributed by atoms with van der Waals surface area (Å²) in [5.74, 6) is 0.0693. The van der Waals surface area contributed by atoms with Crippen LogP contribution >= 0.6 is 31.9 Å². The third-order valence-corrected chi connectivity index (χ3v) is 4.16. The molecule has 0 fully saturated rings. The molecular weight excluding hydrogens is 400 g/mol. The van der Waals surface area contributed by atoms with Gasteiger partial charge in [0.15, 0.2) is 0 Å². The van der Waals surface area contributed by atoms with Crippen LogP contribution < -0.4 is 5.32 Å². The van der Waals surface area contributed by atoms with E-state index in [0.717, 1.165) is 20.1 Å². The van der Waals surface area contributed by atoms with Gasteiger partial charge < -0.3 is 10.4 Å². The molecular formula is C15H10Br2N2O2. The molecule has 0 saturated heterocycles. The standard InChI is InChI=1S/C15H10Br2N2O2/c16-9-2-1-8-7-18-14(11(8)5-9)19-15(21)12-6-10(17)3-4-13(12)20/h1-6,20H,7H2,(H,18,19,21). The number of aliphatic imine (C=N–C) groups is 1. The first-order valence-electron chi connectivity index (χ1n) is 6.18. The molecule has 2 aromatic carbocycles. The highest BCUT2D eigenvalue weighted by atomic mass is 79.9. The fraction of sp³-hybridized carbons (Fsp3) is 0.0667. The summed E-state index contributed by atoms with van der Waals surface area (Å²) in [5.41, 5.74) is 2.16. The van der Waals surface area contributed by atoms with Gasteiger partial charge in [-0.1, -0.05) is 37.9 Å². The summed E-state index contributed by atoms with van der Waals surface area (Å²) in [6.45, 7) is 0.544. The van der Waals surface area contributed by atoms with E-state index in [1.54, 1.807) is 12.1 Å². The van der Waals surface area contributed by atoms with Gasteiger partial charge in [0.2, 0.25) is 0 Å². The number of carbonyl (C=O) groups is 1. The molecule has 1 aliphatic heterocycles. The maximum absolute atomic E-state index is 12.3. The van der Waals surface area contributed by atoms with Crippen LogP contribution in [0.1, 0.15) is 21.5 Å². The van der Waals surface area contributed by atoms with Crippen molar-refractivity contribution in [2.75, 3.05) is 0 Å². The Bertz CT molecular complexity index is 772. The van der Waals surface area contributed by atoms with Crippen molar-refractivity contribution < 1.29 is 9.90 Å². The monoisotopic (exact) mass is 408 g/mol. The molecule has 0 saturated carbocycles. The molecule has 0 aliphatic carbocycles. The van der Waals surface area contributed by atoms with Crippen molar-refractivity contribution in [3.63, 3.8) is 0 Å². The summed E-state index contributed by atoms with van der Waals surface area (Å²) in [6, 6.07) is 10.5. The molecule has 21 heavy (non-hydrogen) atoms. The first kappa shape index (κ1) is 14.3. The summed E-state index contributed by atoms with van der Waals surface area (Å²) in [6.07, 6.45) is 0. The van der Waals surface area contributed by atoms with E-state index in [1.165, 1.54) is 6.07 Å². The number of phenolic OH excluding ortho intramolecular Hbond substituents is 1. The van der Waals surface area contributed by atoms with Crippen molar-refractivity contribution in [1.82, 2.24) is 5.32 Å². The third kappa shape index (κ3) is 2.87. The first-order chi connectivity index (χ1) is 10.0. The van der Waals surface area contributed by atoms with Gasteiger partial charge >= 0.3 is 0 Å². The molecule has 0 unspecified atom stereocenters. The lowest BCUT2D eigenvalue weighted by atomic mass is 10.1. The van der Waals surface area contributed by atoms with Crippen LogP contribution in [0, 0.1) is 0 Å². The number of nitrogens with zero attached hydrogens (tertiary/aromatic N) is 1. The Balaban J connectivity index is 1.87. The quantitative estimate of drug-likeness (QED) is 0.755. The number of nitrogens with one attached hydrogen (secondary N) is 1. The zero-order valence-electron chi connectivity index (χ0n) is 10.7. The van der Waals surface area contributed by atoms with Gasteiger partial charge in [-0.2, -0.15) is 0 Å². The van der Waals surface area contributed by atoms with Crippen LogP contribution in [0.4, 0.5) is 0 Å². The van der Waals surface area contributed by atoms with Gasteiger partial charge in [-0.25, -0.2) is 0 Å². The van der Waals surface area contributed by atoms with E-state index >= 15 is 0 Å². The number of halogens is 2. The van der Waals surface area contributed by atoms with Crippen molar-refractivity contribution in [2.24, 2.45) is 4.99 Å². The van der Waals surface area contributed by atoms with Crippen LogP contribution in [0.25, 0.3) is 0 Å². The highest BCUT2D eigenvalue weighted by molar-refractivity contribution is 9.10. The summed E-state index contributed by atoms with van der Waals surface area (Å²) in [4.78, 5) is 16.6. The number of fused-ring (bicyclic) bond motifs is 1. The number of carbonyl (C=O) groups excluding carboxylic acids is 1. The van der Waals surface area contributed by atoms with E-state index in [-0.39, 0.29) is 17.2 Å². The minimum Gasteiger partial charge on any atom is -0.507 e. The molecule has 4 nitrogen and oxygen atoms in total. The molecule has 2 aromatic rings. The molecule has 6 heteroatoms. The van der Waals surface area contributed by atoms with Gasteiger partial charge in [-0.05, 0) is 35.9 Å². The predicted molar refractivity (Wildman–Crippen MR) is 87.7 cm³/mol. The van der Waals surface area contributed by atoms with E-state index in [1.807, 2.05) is 18.2 Å². The van der Waals surface area contributed by atoms with E-state index < -0.39 is 0 Å². The number of hydrogen-bond acceptors (Lipinski definition) is 3. The fourth-order valence-corrected chi connectivity index (χ4v) is 2.85. The lowest BCUT2D eigenvalue weighted by Crippen LogP contribution is -2.30. The van der Waals surface area contributed by atoms with Crippen LogP contribution in [-0.4, -0.2) is 16.8 Å². The lowest BCUT2D eigenvalue weighted by Gasteiger charge is -2.08. The zero-order chi connectivity index (χ0) is 15.0. The number of amides is 1. The first-order valence-corrected chi connectivity index (χ1v) is 7.76. The van der Waals surface area contributed by atoms with Gasteiger partial charge in [-0.15, -0.1) is 0 Å². The summed E-state index contributed by atoms with van der Waals surface area (Å²) in [7, 11) is 0. The third-order valence-electron chi connectivity index (χ3n) is 3.17. The van der Waals surface area contributed by atoms with E-state index in [4.69, 9.17) is 0 Å². The Morgan fingerprint density at radius 2 is 1.86 bits per heavy atom. The number of benzene rings is 2. The molecule has 1 heterocycles. The number of amidine groups is 1. The van der Waals surface area contributed by atoms with Crippen molar-refractivity contribution >= 4 is 43.6 Å². The second kappa shape index (κ2) is 5.61. The number of hydrogen-bond donors (Lipinski definition) is 2. The van der Waals surface area contributed by atoms with Crippen LogP contribution in [0.3, 0.4) is 0 Å². The minimum absolute atomic E-state index is 0.0660. The number of phenols is 1. The Labute approximate surface area is 138 Å². The van der Waals surface area contributed by atoms with Crippen molar-refractivity contribution in [1.29, 1.82) is 0 Å². The maximum Gasteiger partial charge on any atom is 0.260 e. The van der Waals surface area contributed by atoms with Crippen LogP contribution in [0.2, 0.25) is 0 Å². The Kier molecular flexibility index (Phi) is 3.82. The topological polar surface area (TPSA) is 61.7 Å². The molecule has 2 N–H and O–H groups in total. The molecule has 1 aliphatic rings. The van der Waals surface area contributed by atoms with Crippen molar-refractivity contribution in [3.8, 4) is 5.75 Å². The SMILES string of the molecule is O=C(NC1=NCc2ccc(Br)cc21)c1cc(Br)ccc1O. The number of rotatable bonds is 1. The van der Waals surface area contributed by atoms with Crippen molar-refractivity contribution in [2.45, 2.75) is 6.54 Å². The molecule has 1 amide bonds. The lowest BCUT2D eigenvalue weighted by molar-refractivity contribution is 0.0974. The van der Waals surface area contributed by atoms with Crippen LogP contribution in [-0.2, 0) is 6.54 Å².